The number of rotatable bonds is 1. The summed E-state index contributed by atoms with van der Waals surface area (Å²) in [5.41, 5.74) is 0. The van der Waals surface area contributed by atoms with E-state index in [1.54, 1.807) is 23.9 Å². The molecule has 2 heterocycles. The lowest BCUT2D eigenvalue weighted by molar-refractivity contribution is 0.731. The van der Waals surface area contributed by atoms with Crippen LogP contribution >= 0.6 is 23.9 Å². The molecule has 2 nitrogen and oxygen atoms in total. The molecule has 2 aliphatic rings. The molecule has 12 heavy (non-hydrogen) atoms. The van der Waals surface area contributed by atoms with Crippen molar-refractivity contribution in [2.45, 2.75) is 0 Å². The quantitative estimate of drug-likeness (QED) is 0.646. The average molecular weight is 195 g/mol. The first-order chi connectivity index (χ1) is 5.97. The first kappa shape index (κ1) is 7.89. The molecule has 0 atom stereocenters. The van der Waals surface area contributed by atoms with E-state index in [2.05, 4.69) is 10.8 Å². The van der Waals surface area contributed by atoms with Gasteiger partial charge in [0.1, 0.15) is 5.82 Å². The third-order valence-electron chi connectivity index (χ3n) is 1.33. The molecule has 0 unspecified atom stereocenters. The van der Waals surface area contributed by atoms with Crippen LogP contribution < -0.4 is 4.72 Å². The van der Waals surface area contributed by atoms with Crippen LogP contribution in [-0.2, 0) is 0 Å². The second-order valence-electron chi connectivity index (χ2n) is 2.13. The van der Waals surface area contributed by atoms with Crippen molar-refractivity contribution in [1.29, 1.82) is 0 Å². The SMILES string of the molecule is [C]1=CN(C2=CC=CSN2)SC=C1. The Kier molecular flexibility index (Phi) is 2.48. The molecule has 0 bridgehead atoms. The van der Waals surface area contributed by atoms with E-state index in [-0.39, 0.29) is 0 Å². The molecule has 1 N–H and O–H groups in total. The molecule has 0 fully saturated rings. The highest BCUT2D eigenvalue weighted by atomic mass is 32.2. The zero-order valence-electron chi connectivity index (χ0n) is 6.23. The average Bonchev–Trinajstić information content (AvgIpc) is 2.21. The van der Waals surface area contributed by atoms with Crippen LogP contribution in [0.1, 0.15) is 0 Å². The summed E-state index contributed by atoms with van der Waals surface area (Å²) in [6, 6.07) is 0. The Labute approximate surface area is 80.4 Å². The highest BCUT2D eigenvalue weighted by molar-refractivity contribution is 8.01. The Balaban J connectivity index is 2.09. The fourth-order valence-corrected chi connectivity index (χ4v) is 2.00. The number of hydrogen-bond acceptors (Lipinski definition) is 4. The fraction of sp³-hybridized carbons (Fsp3) is 0. The molecule has 1 radical (unpaired) electrons. The van der Waals surface area contributed by atoms with Crippen molar-refractivity contribution in [3.63, 3.8) is 0 Å². The molecule has 0 aromatic heterocycles. The van der Waals surface area contributed by atoms with Gasteiger partial charge in [-0.15, -0.1) is 0 Å². The van der Waals surface area contributed by atoms with E-state index in [1.165, 1.54) is 0 Å². The van der Waals surface area contributed by atoms with Crippen LogP contribution in [0.2, 0.25) is 0 Å². The van der Waals surface area contributed by atoms with Crippen LogP contribution in [0.15, 0.2) is 41.1 Å². The highest BCUT2D eigenvalue weighted by Crippen LogP contribution is 2.23. The third kappa shape index (κ3) is 1.70. The molecule has 0 aromatic carbocycles. The number of nitrogens with one attached hydrogen (secondary N) is 1. The van der Waals surface area contributed by atoms with E-state index in [9.17, 15) is 0 Å². The van der Waals surface area contributed by atoms with Crippen molar-refractivity contribution in [2.75, 3.05) is 0 Å². The van der Waals surface area contributed by atoms with E-state index in [1.807, 2.05) is 39.5 Å². The molecule has 0 spiro atoms. The molecule has 0 amide bonds. The van der Waals surface area contributed by atoms with Crippen molar-refractivity contribution in [2.24, 2.45) is 0 Å². The second-order valence-corrected chi connectivity index (χ2v) is 3.72. The van der Waals surface area contributed by atoms with E-state index >= 15 is 0 Å². The van der Waals surface area contributed by atoms with Crippen LogP contribution in [0.3, 0.4) is 0 Å². The van der Waals surface area contributed by atoms with Crippen molar-refractivity contribution < 1.29 is 0 Å². The minimum absolute atomic E-state index is 1.07. The Morgan fingerprint density at radius 1 is 1.42 bits per heavy atom. The van der Waals surface area contributed by atoms with Gasteiger partial charge in [0.25, 0.3) is 0 Å². The molecule has 2 rings (SSSR count). The number of nitrogens with zero attached hydrogens (tertiary/aromatic N) is 1. The summed E-state index contributed by atoms with van der Waals surface area (Å²) in [5, 5.41) is 3.99. The van der Waals surface area contributed by atoms with Crippen molar-refractivity contribution >= 4 is 23.9 Å². The standard InChI is InChI=1S/C8H7N2S2/c1-2-7-12-10(5-1)8-4-3-6-11-9-8/h2-7,9H. The van der Waals surface area contributed by atoms with Gasteiger partial charge in [-0.1, -0.05) is 6.08 Å². The molecule has 0 aromatic rings. The summed E-state index contributed by atoms with van der Waals surface area (Å²) in [4.78, 5) is 0. The summed E-state index contributed by atoms with van der Waals surface area (Å²) >= 11 is 3.20. The van der Waals surface area contributed by atoms with Gasteiger partial charge in [-0.3, -0.25) is 4.31 Å². The molecular formula is C8H7N2S2. The normalized spacial score (nSPS) is 20.7. The zero-order chi connectivity index (χ0) is 8.23. The second kappa shape index (κ2) is 3.78. The maximum absolute atomic E-state index is 3.18. The predicted octanol–water partition coefficient (Wildman–Crippen LogP) is 2.39. The zero-order valence-corrected chi connectivity index (χ0v) is 7.86. The minimum atomic E-state index is 1.07. The van der Waals surface area contributed by atoms with E-state index in [0.717, 1.165) is 5.82 Å². The van der Waals surface area contributed by atoms with Gasteiger partial charge in [-0.25, -0.2) is 0 Å². The molecule has 4 heteroatoms. The summed E-state index contributed by atoms with van der Waals surface area (Å²) < 4.78 is 5.20. The summed E-state index contributed by atoms with van der Waals surface area (Å²) in [7, 11) is 0. The monoisotopic (exact) mass is 195 g/mol. The molecule has 2 aliphatic heterocycles. The molecule has 0 aliphatic carbocycles. The maximum Gasteiger partial charge on any atom is 0.126 e. The topological polar surface area (TPSA) is 15.3 Å². The van der Waals surface area contributed by atoms with Crippen LogP contribution in [0.5, 0.6) is 0 Å². The van der Waals surface area contributed by atoms with Crippen molar-refractivity contribution in [1.82, 2.24) is 9.03 Å². The maximum atomic E-state index is 3.18. The Hall–Kier alpha value is -0.740. The van der Waals surface area contributed by atoms with E-state index < -0.39 is 0 Å². The van der Waals surface area contributed by atoms with Gasteiger partial charge in [0.2, 0.25) is 0 Å². The van der Waals surface area contributed by atoms with Crippen LogP contribution in [0.25, 0.3) is 0 Å². The van der Waals surface area contributed by atoms with Gasteiger partial charge >= 0.3 is 0 Å². The van der Waals surface area contributed by atoms with Gasteiger partial charge in [0.05, 0.1) is 0 Å². The Morgan fingerprint density at radius 3 is 3.08 bits per heavy atom. The van der Waals surface area contributed by atoms with Crippen LogP contribution in [-0.4, -0.2) is 4.31 Å². The van der Waals surface area contributed by atoms with E-state index in [0.29, 0.717) is 0 Å². The van der Waals surface area contributed by atoms with Crippen molar-refractivity contribution in [3.05, 3.63) is 47.1 Å². The first-order valence-electron chi connectivity index (χ1n) is 3.46. The lowest BCUT2D eigenvalue weighted by atomic mass is 10.5. The predicted molar refractivity (Wildman–Crippen MR) is 54.3 cm³/mol. The molecule has 0 saturated carbocycles. The Morgan fingerprint density at radius 2 is 2.42 bits per heavy atom. The molecular weight excluding hydrogens is 188 g/mol. The molecule has 61 valence electrons. The molecule has 0 saturated heterocycles. The smallest absolute Gasteiger partial charge is 0.126 e. The minimum Gasteiger partial charge on any atom is -0.311 e. The summed E-state index contributed by atoms with van der Waals surface area (Å²) in [6.07, 6.45) is 10.9. The Bertz CT molecular complexity index is 279. The summed E-state index contributed by atoms with van der Waals surface area (Å²) in [5.74, 6) is 1.07. The van der Waals surface area contributed by atoms with Crippen LogP contribution in [0, 0.1) is 6.08 Å². The lowest BCUT2D eigenvalue weighted by Crippen LogP contribution is -2.18. The largest absolute Gasteiger partial charge is 0.311 e. The fourth-order valence-electron chi connectivity index (χ4n) is 0.819. The summed E-state index contributed by atoms with van der Waals surface area (Å²) in [6.45, 7) is 0. The van der Waals surface area contributed by atoms with Crippen LogP contribution in [0.4, 0.5) is 0 Å². The van der Waals surface area contributed by atoms with Gasteiger partial charge in [-0.05, 0) is 46.9 Å². The number of allylic oxidation sites excluding steroid dienone is 4. The van der Waals surface area contributed by atoms with Gasteiger partial charge in [0.15, 0.2) is 0 Å². The highest BCUT2D eigenvalue weighted by Gasteiger charge is 2.07. The van der Waals surface area contributed by atoms with Gasteiger partial charge in [0, 0.05) is 12.3 Å². The van der Waals surface area contributed by atoms with Gasteiger partial charge < -0.3 is 4.72 Å². The van der Waals surface area contributed by atoms with Gasteiger partial charge in [-0.2, -0.15) is 0 Å². The lowest BCUT2D eigenvalue weighted by Gasteiger charge is -2.22. The van der Waals surface area contributed by atoms with E-state index in [4.69, 9.17) is 0 Å². The number of hydrogen-bond donors (Lipinski definition) is 1. The van der Waals surface area contributed by atoms with Crippen molar-refractivity contribution in [3.8, 4) is 0 Å². The third-order valence-corrected chi connectivity index (χ3v) is 2.74. The first-order valence-corrected chi connectivity index (χ1v) is 5.17.